The van der Waals surface area contributed by atoms with Gasteiger partial charge in [-0.2, -0.15) is 0 Å². The highest BCUT2D eigenvalue weighted by molar-refractivity contribution is 7.89. The van der Waals surface area contributed by atoms with Gasteiger partial charge in [-0.3, -0.25) is 0 Å². The van der Waals surface area contributed by atoms with E-state index in [1.54, 1.807) is 0 Å². The predicted molar refractivity (Wildman–Crippen MR) is 73.3 cm³/mol. The van der Waals surface area contributed by atoms with Gasteiger partial charge in [0.15, 0.2) is 0 Å². The zero-order valence-electron chi connectivity index (χ0n) is 11.6. The van der Waals surface area contributed by atoms with Crippen LogP contribution in [0.2, 0.25) is 0 Å². The van der Waals surface area contributed by atoms with Crippen LogP contribution in [0.1, 0.15) is 47.0 Å². The van der Waals surface area contributed by atoms with Crippen LogP contribution in [-0.2, 0) is 10.0 Å². The summed E-state index contributed by atoms with van der Waals surface area (Å²) < 4.78 is 26.3. The van der Waals surface area contributed by atoms with Crippen LogP contribution in [0.5, 0.6) is 0 Å². The highest BCUT2D eigenvalue weighted by Crippen LogP contribution is 2.16. The van der Waals surface area contributed by atoms with E-state index in [4.69, 9.17) is 5.73 Å². The summed E-state index contributed by atoms with van der Waals surface area (Å²) >= 11 is 0. The summed E-state index contributed by atoms with van der Waals surface area (Å²) in [6, 6.07) is 0. The van der Waals surface area contributed by atoms with E-state index in [0.717, 1.165) is 19.3 Å². The van der Waals surface area contributed by atoms with Crippen molar-refractivity contribution in [3.63, 3.8) is 0 Å². The molecule has 1 atom stereocenters. The lowest BCUT2D eigenvalue weighted by atomic mass is 10.0. The van der Waals surface area contributed by atoms with E-state index >= 15 is 0 Å². The third-order valence-electron chi connectivity index (χ3n) is 2.49. The maximum absolute atomic E-state index is 11.8. The molecule has 0 saturated carbocycles. The molecule has 5 heteroatoms. The number of nitrogens with two attached hydrogens (primary N) is 1. The van der Waals surface area contributed by atoms with Crippen LogP contribution in [0, 0.1) is 11.3 Å². The number of rotatable bonds is 8. The lowest BCUT2D eigenvalue weighted by Gasteiger charge is -2.20. The van der Waals surface area contributed by atoms with Crippen LogP contribution >= 0.6 is 0 Å². The van der Waals surface area contributed by atoms with Crippen molar-refractivity contribution in [2.45, 2.75) is 47.0 Å². The Morgan fingerprint density at radius 3 is 2.24 bits per heavy atom. The molecule has 0 rings (SSSR count). The van der Waals surface area contributed by atoms with Crippen molar-refractivity contribution in [2.75, 3.05) is 18.8 Å². The molecule has 0 radical (unpaired) electrons. The molecule has 0 fully saturated rings. The Balaban J connectivity index is 4.23. The summed E-state index contributed by atoms with van der Waals surface area (Å²) in [5.74, 6) is 0.529. The van der Waals surface area contributed by atoms with Crippen molar-refractivity contribution < 1.29 is 8.42 Å². The van der Waals surface area contributed by atoms with E-state index in [0.29, 0.717) is 19.0 Å². The zero-order valence-corrected chi connectivity index (χ0v) is 12.4. The van der Waals surface area contributed by atoms with Crippen LogP contribution in [0.3, 0.4) is 0 Å². The lowest BCUT2D eigenvalue weighted by molar-refractivity contribution is 0.431. The van der Waals surface area contributed by atoms with E-state index in [1.165, 1.54) is 0 Å². The van der Waals surface area contributed by atoms with E-state index in [1.807, 2.05) is 20.8 Å². The number of nitrogens with one attached hydrogen (secondary N) is 1. The second-order valence-electron chi connectivity index (χ2n) is 5.90. The van der Waals surface area contributed by atoms with E-state index in [2.05, 4.69) is 11.6 Å². The van der Waals surface area contributed by atoms with Gasteiger partial charge in [0, 0.05) is 6.54 Å². The minimum Gasteiger partial charge on any atom is -0.330 e. The van der Waals surface area contributed by atoms with Gasteiger partial charge in [0.2, 0.25) is 10.0 Å². The van der Waals surface area contributed by atoms with Crippen LogP contribution < -0.4 is 10.5 Å². The first-order chi connectivity index (χ1) is 7.70. The first kappa shape index (κ1) is 16.9. The smallest absolute Gasteiger partial charge is 0.212 e. The third kappa shape index (κ3) is 9.56. The van der Waals surface area contributed by atoms with Crippen molar-refractivity contribution in [1.82, 2.24) is 4.72 Å². The number of hydrogen-bond acceptors (Lipinski definition) is 3. The van der Waals surface area contributed by atoms with Gasteiger partial charge >= 0.3 is 0 Å². The normalized spacial score (nSPS) is 14.9. The molecule has 0 heterocycles. The van der Waals surface area contributed by atoms with Crippen molar-refractivity contribution in [3.8, 4) is 0 Å². The molecule has 0 spiro atoms. The van der Waals surface area contributed by atoms with Crippen LogP contribution in [0.4, 0.5) is 0 Å². The molecule has 0 aliphatic carbocycles. The van der Waals surface area contributed by atoms with Gasteiger partial charge in [-0.15, -0.1) is 0 Å². The fourth-order valence-electron chi connectivity index (χ4n) is 1.86. The van der Waals surface area contributed by atoms with Crippen LogP contribution in [0.15, 0.2) is 0 Å². The summed E-state index contributed by atoms with van der Waals surface area (Å²) in [5.41, 5.74) is 5.32. The largest absolute Gasteiger partial charge is 0.330 e. The van der Waals surface area contributed by atoms with Crippen molar-refractivity contribution in [1.29, 1.82) is 0 Å². The van der Waals surface area contributed by atoms with Gasteiger partial charge in [0.05, 0.1) is 5.75 Å². The molecular weight excluding hydrogens is 236 g/mol. The molecule has 0 amide bonds. The Labute approximate surface area is 106 Å². The molecule has 104 valence electrons. The molecule has 0 aromatic heterocycles. The molecule has 0 aliphatic heterocycles. The highest BCUT2D eigenvalue weighted by atomic mass is 32.2. The molecule has 0 saturated heterocycles. The van der Waals surface area contributed by atoms with Gasteiger partial charge < -0.3 is 5.73 Å². The number of sulfonamides is 1. The minimum absolute atomic E-state index is 0.168. The predicted octanol–water partition coefficient (Wildman–Crippen LogP) is 1.72. The van der Waals surface area contributed by atoms with E-state index in [9.17, 15) is 8.42 Å². The second-order valence-corrected chi connectivity index (χ2v) is 7.71. The first-order valence-corrected chi connectivity index (χ1v) is 8.03. The fraction of sp³-hybridized carbons (Fsp3) is 1.00. The van der Waals surface area contributed by atoms with Crippen LogP contribution in [-0.4, -0.2) is 27.3 Å². The summed E-state index contributed by atoms with van der Waals surface area (Å²) in [6.45, 7) is 9.02. The fourth-order valence-corrected chi connectivity index (χ4v) is 3.59. The maximum Gasteiger partial charge on any atom is 0.212 e. The zero-order chi connectivity index (χ0) is 13.5. The SMILES string of the molecule is CCCC(CCN)CNS(=O)(=O)CC(C)(C)C. The Morgan fingerprint density at radius 2 is 1.82 bits per heavy atom. The number of hydrogen-bond donors (Lipinski definition) is 2. The molecule has 1 unspecified atom stereocenters. The monoisotopic (exact) mass is 264 g/mol. The van der Waals surface area contributed by atoms with Gasteiger partial charge in [0.25, 0.3) is 0 Å². The highest BCUT2D eigenvalue weighted by Gasteiger charge is 2.22. The van der Waals surface area contributed by atoms with Crippen molar-refractivity contribution in [2.24, 2.45) is 17.1 Å². The molecule has 3 N–H and O–H groups in total. The molecule has 4 nitrogen and oxygen atoms in total. The van der Waals surface area contributed by atoms with Gasteiger partial charge in [0.1, 0.15) is 0 Å². The molecule has 0 bridgehead atoms. The van der Waals surface area contributed by atoms with Crippen molar-refractivity contribution >= 4 is 10.0 Å². The molecule has 0 aromatic rings. The third-order valence-corrected chi connectivity index (χ3v) is 4.34. The Bertz CT molecular complexity index is 288. The molecule has 0 aromatic carbocycles. The van der Waals surface area contributed by atoms with Gasteiger partial charge in [-0.25, -0.2) is 13.1 Å². The van der Waals surface area contributed by atoms with Crippen LogP contribution in [0.25, 0.3) is 0 Å². The summed E-state index contributed by atoms with van der Waals surface area (Å²) in [4.78, 5) is 0. The van der Waals surface area contributed by atoms with E-state index < -0.39 is 10.0 Å². The first-order valence-electron chi connectivity index (χ1n) is 6.37. The molecule has 0 aliphatic rings. The standard InChI is InChI=1S/C12H28N2O2S/c1-5-6-11(7-8-13)9-14-17(15,16)10-12(2,3)4/h11,14H,5-10,13H2,1-4H3. The Kier molecular flexibility index (Phi) is 7.28. The minimum atomic E-state index is -3.16. The summed E-state index contributed by atoms with van der Waals surface area (Å²) in [5, 5.41) is 0. The topological polar surface area (TPSA) is 72.2 Å². The second kappa shape index (κ2) is 7.34. The van der Waals surface area contributed by atoms with Gasteiger partial charge in [-0.1, -0.05) is 34.1 Å². The quantitative estimate of drug-likeness (QED) is 0.701. The van der Waals surface area contributed by atoms with Crippen molar-refractivity contribution in [3.05, 3.63) is 0 Å². The molecular formula is C12H28N2O2S. The van der Waals surface area contributed by atoms with Gasteiger partial charge in [-0.05, 0) is 30.7 Å². The average molecular weight is 264 g/mol. The molecule has 17 heavy (non-hydrogen) atoms. The average Bonchev–Trinajstić information content (AvgIpc) is 2.11. The lowest BCUT2D eigenvalue weighted by Crippen LogP contribution is -2.35. The Hall–Kier alpha value is -0.130. The summed E-state index contributed by atoms with van der Waals surface area (Å²) in [6.07, 6.45) is 2.97. The summed E-state index contributed by atoms with van der Waals surface area (Å²) in [7, 11) is -3.16. The maximum atomic E-state index is 11.8. The Morgan fingerprint density at radius 1 is 1.24 bits per heavy atom. The van der Waals surface area contributed by atoms with E-state index in [-0.39, 0.29) is 11.2 Å².